The fraction of sp³-hybridized carbons (Fsp3) is 0.310. The Morgan fingerprint density at radius 3 is 2.15 bits per heavy atom. The molecule has 11 nitrogen and oxygen atoms in total. The molecule has 2 atom stereocenters. The van der Waals surface area contributed by atoms with Crippen molar-refractivity contribution in [2.45, 2.75) is 70.7 Å². The van der Waals surface area contributed by atoms with Gasteiger partial charge in [-0.15, -0.1) is 0 Å². The molecule has 6 aromatic rings. The van der Waals surface area contributed by atoms with Crippen molar-refractivity contribution < 1.29 is 19.1 Å². The summed E-state index contributed by atoms with van der Waals surface area (Å²) in [5, 5.41) is 2.60. The van der Waals surface area contributed by atoms with Crippen LogP contribution >= 0.6 is 0 Å². The summed E-state index contributed by atoms with van der Waals surface area (Å²) in [7, 11) is 0. The Bertz CT molecular complexity index is 2380. The molecule has 2 N–H and O–H groups in total. The topological polar surface area (TPSA) is 134 Å². The zero-order chi connectivity index (χ0) is 36.7. The van der Waals surface area contributed by atoms with Gasteiger partial charge in [-0.25, -0.2) is 19.6 Å². The van der Waals surface area contributed by atoms with E-state index in [9.17, 15) is 14.4 Å². The van der Waals surface area contributed by atoms with Gasteiger partial charge < -0.3 is 19.4 Å². The SMILES string of the molecule is CC(C)(C)OC(=O)N1CCC[C@H]1c1ncc(-c2ccc3cc(-c4ccc5nc([C@@H]6CCCN6C(=O)OCc6ccccc6)[nH]c(=O)c5c4)ccc3c2)[nH]1. The fourth-order valence-corrected chi connectivity index (χ4v) is 7.40. The van der Waals surface area contributed by atoms with Gasteiger partial charge in [-0.3, -0.25) is 14.6 Å². The molecule has 2 aliphatic rings. The van der Waals surface area contributed by atoms with E-state index < -0.39 is 11.7 Å². The summed E-state index contributed by atoms with van der Waals surface area (Å²) in [6, 6.07) is 27.3. The lowest BCUT2D eigenvalue weighted by Crippen LogP contribution is -2.36. The van der Waals surface area contributed by atoms with Crippen molar-refractivity contribution >= 4 is 33.9 Å². The van der Waals surface area contributed by atoms with Crippen LogP contribution in [-0.4, -0.2) is 60.6 Å². The van der Waals surface area contributed by atoms with Gasteiger partial charge in [-0.2, -0.15) is 0 Å². The average molecular weight is 711 g/mol. The van der Waals surface area contributed by atoms with Gasteiger partial charge in [-0.05, 0) is 98.2 Å². The van der Waals surface area contributed by atoms with Crippen molar-refractivity contribution in [2.75, 3.05) is 13.1 Å². The van der Waals surface area contributed by atoms with E-state index in [0.29, 0.717) is 36.2 Å². The number of carbonyl (C=O) groups excluding carboxylic acids is 2. The van der Waals surface area contributed by atoms with Crippen LogP contribution in [0.1, 0.15) is 75.8 Å². The molecule has 0 unspecified atom stereocenters. The number of nitrogens with one attached hydrogen (secondary N) is 2. The smallest absolute Gasteiger partial charge is 0.410 e. The van der Waals surface area contributed by atoms with Crippen LogP contribution in [0.5, 0.6) is 0 Å². The molecule has 2 saturated heterocycles. The van der Waals surface area contributed by atoms with Gasteiger partial charge in [0.2, 0.25) is 0 Å². The maximum Gasteiger partial charge on any atom is 0.410 e. The summed E-state index contributed by atoms with van der Waals surface area (Å²) in [6.07, 6.45) is 4.32. The summed E-state index contributed by atoms with van der Waals surface area (Å²) in [6.45, 7) is 7.00. The monoisotopic (exact) mass is 710 g/mol. The summed E-state index contributed by atoms with van der Waals surface area (Å²) in [5.41, 5.74) is 4.45. The van der Waals surface area contributed by atoms with Crippen molar-refractivity contribution in [2.24, 2.45) is 0 Å². The molecule has 2 fully saturated rings. The van der Waals surface area contributed by atoms with Gasteiger partial charge in [0.15, 0.2) is 0 Å². The number of aromatic nitrogens is 4. The second-order valence-corrected chi connectivity index (χ2v) is 14.9. The number of hydrogen-bond donors (Lipinski definition) is 2. The Morgan fingerprint density at radius 1 is 0.774 bits per heavy atom. The molecule has 11 heteroatoms. The summed E-state index contributed by atoms with van der Waals surface area (Å²) < 4.78 is 11.2. The van der Waals surface area contributed by atoms with Crippen LogP contribution in [0.3, 0.4) is 0 Å². The molecule has 2 amide bonds. The minimum absolute atomic E-state index is 0.149. The van der Waals surface area contributed by atoms with E-state index in [1.807, 2.05) is 75.5 Å². The van der Waals surface area contributed by atoms with E-state index in [-0.39, 0.29) is 30.3 Å². The number of H-pyrrole nitrogens is 2. The predicted molar refractivity (Wildman–Crippen MR) is 203 cm³/mol. The largest absolute Gasteiger partial charge is 0.445 e. The van der Waals surface area contributed by atoms with Crippen LogP contribution < -0.4 is 5.56 Å². The molecule has 8 rings (SSSR count). The summed E-state index contributed by atoms with van der Waals surface area (Å²) in [5.74, 6) is 1.23. The van der Waals surface area contributed by atoms with Crippen molar-refractivity contribution in [1.29, 1.82) is 0 Å². The number of rotatable bonds is 6. The Labute approximate surface area is 307 Å². The number of ether oxygens (including phenoxy) is 2. The standard InChI is InChI=1S/C42H42N6O5/c1-42(2,3)53-41(51)48-20-7-11-35(48)37-43-24-34(45-37)31-16-15-27-21-28(13-14-29(27)22-31)30-17-18-33-32(23-30)39(49)46-38(44-33)36-12-8-19-47(36)40(50)52-25-26-9-5-4-6-10-26/h4-6,9-10,13-18,21-24,35-36H,7-8,11-12,19-20,25H2,1-3H3,(H,43,45)(H,44,46,49)/t35-,36-/m0/s1. The quantitative estimate of drug-likeness (QED) is 0.177. The van der Waals surface area contributed by atoms with Crippen LogP contribution in [0.4, 0.5) is 9.59 Å². The van der Waals surface area contributed by atoms with Gasteiger partial charge in [0, 0.05) is 18.7 Å². The lowest BCUT2D eigenvalue weighted by Gasteiger charge is -2.27. The molecule has 0 spiro atoms. The van der Waals surface area contributed by atoms with Gasteiger partial charge >= 0.3 is 12.2 Å². The highest BCUT2D eigenvalue weighted by Gasteiger charge is 2.35. The van der Waals surface area contributed by atoms with Gasteiger partial charge in [0.1, 0.15) is 23.9 Å². The highest BCUT2D eigenvalue weighted by atomic mass is 16.6. The lowest BCUT2D eigenvalue weighted by molar-refractivity contribution is 0.0218. The van der Waals surface area contributed by atoms with Crippen LogP contribution in [0.2, 0.25) is 0 Å². The molecule has 270 valence electrons. The number of imidazole rings is 1. The van der Waals surface area contributed by atoms with Gasteiger partial charge in [0.05, 0.1) is 34.9 Å². The average Bonchev–Trinajstić information content (AvgIpc) is 3.95. The number of aromatic amines is 2. The number of fused-ring (bicyclic) bond motifs is 2. The first-order valence-electron chi connectivity index (χ1n) is 18.2. The Morgan fingerprint density at radius 2 is 1.42 bits per heavy atom. The van der Waals surface area contributed by atoms with E-state index in [4.69, 9.17) is 14.5 Å². The van der Waals surface area contributed by atoms with E-state index in [2.05, 4.69) is 51.4 Å². The van der Waals surface area contributed by atoms with Crippen molar-refractivity contribution in [3.63, 3.8) is 0 Å². The number of benzene rings is 4. The maximum atomic E-state index is 13.4. The normalized spacial score (nSPS) is 17.5. The Kier molecular flexibility index (Phi) is 8.93. The van der Waals surface area contributed by atoms with Crippen LogP contribution in [0.15, 0.2) is 95.9 Å². The molecule has 4 heterocycles. The van der Waals surface area contributed by atoms with Crippen LogP contribution in [0, 0.1) is 0 Å². The molecule has 0 bridgehead atoms. The minimum atomic E-state index is -0.558. The highest BCUT2D eigenvalue weighted by molar-refractivity contribution is 5.92. The number of likely N-dealkylation sites (tertiary alicyclic amines) is 2. The van der Waals surface area contributed by atoms with Crippen molar-refractivity contribution in [1.82, 2.24) is 29.7 Å². The number of hydrogen-bond acceptors (Lipinski definition) is 7. The molecular weight excluding hydrogens is 668 g/mol. The molecule has 4 aromatic carbocycles. The third kappa shape index (κ3) is 7.11. The third-order valence-electron chi connectivity index (χ3n) is 10.0. The van der Waals surface area contributed by atoms with E-state index in [1.165, 1.54) is 0 Å². The minimum Gasteiger partial charge on any atom is -0.445 e. The zero-order valence-corrected chi connectivity index (χ0v) is 30.1. The van der Waals surface area contributed by atoms with Gasteiger partial charge in [-0.1, -0.05) is 60.7 Å². The second-order valence-electron chi connectivity index (χ2n) is 14.9. The zero-order valence-electron chi connectivity index (χ0n) is 30.1. The maximum absolute atomic E-state index is 13.4. The highest BCUT2D eigenvalue weighted by Crippen LogP contribution is 2.35. The Balaban J connectivity index is 0.986. The van der Waals surface area contributed by atoms with E-state index in [0.717, 1.165) is 63.8 Å². The molecular formula is C42H42N6O5. The number of carbonyl (C=O) groups is 2. The summed E-state index contributed by atoms with van der Waals surface area (Å²) in [4.78, 5) is 58.6. The Hall–Kier alpha value is -5.97. The molecule has 2 aliphatic heterocycles. The second kappa shape index (κ2) is 13.9. The van der Waals surface area contributed by atoms with Crippen LogP contribution in [0.25, 0.3) is 44.1 Å². The molecule has 0 aliphatic carbocycles. The van der Waals surface area contributed by atoms with Crippen molar-refractivity contribution in [3.8, 4) is 22.4 Å². The fourth-order valence-electron chi connectivity index (χ4n) is 7.40. The van der Waals surface area contributed by atoms with E-state index in [1.54, 1.807) is 9.80 Å². The van der Waals surface area contributed by atoms with Gasteiger partial charge in [0.25, 0.3) is 5.56 Å². The molecule has 0 saturated carbocycles. The van der Waals surface area contributed by atoms with Crippen LogP contribution in [-0.2, 0) is 16.1 Å². The number of amides is 2. The molecule has 2 aromatic heterocycles. The molecule has 0 radical (unpaired) electrons. The summed E-state index contributed by atoms with van der Waals surface area (Å²) >= 11 is 0. The number of nitrogens with zero attached hydrogens (tertiary/aromatic N) is 4. The predicted octanol–water partition coefficient (Wildman–Crippen LogP) is 8.68. The first-order chi connectivity index (χ1) is 25.6. The first kappa shape index (κ1) is 34.1. The third-order valence-corrected chi connectivity index (χ3v) is 10.0. The van der Waals surface area contributed by atoms with Crippen molar-refractivity contribution in [3.05, 3.63) is 119 Å². The molecule has 53 heavy (non-hydrogen) atoms. The lowest BCUT2D eigenvalue weighted by atomic mass is 9.98. The van der Waals surface area contributed by atoms with E-state index >= 15 is 0 Å². The first-order valence-corrected chi connectivity index (χ1v) is 18.2.